The zero-order chi connectivity index (χ0) is 99.9. The highest BCUT2D eigenvalue weighted by Crippen LogP contribution is 2.47. The fraction of sp³-hybridized carbons (Fsp3) is 0.305. The van der Waals surface area contributed by atoms with Crippen molar-refractivity contribution in [2.45, 2.75) is 226 Å². The number of H-pyrrole nitrogens is 8. The van der Waals surface area contributed by atoms with Crippen molar-refractivity contribution in [3.05, 3.63) is 403 Å². The predicted octanol–water partition coefficient (Wildman–Crippen LogP) is 25.2. The van der Waals surface area contributed by atoms with Crippen molar-refractivity contribution < 1.29 is 57.4 Å². The van der Waals surface area contributed by atoms with E-state index in [4.69, 9.17) is 4.74 Å². The van der Waals surface area contributed by atoms with Gasteiger partial charge in [0.05, 0.1) is 95.1 Å². The summed E-state index contributed by atoms with van der Waals surface area (Å²) in [6, 6.07) is 46.4. The van der Waals surface area contributed by atoms with Crippen molar-refractivity contribution in [2.75, 3.05) is 11.5 Å². The first-order chi connectivity index (χ1) is 66.9. The molecule has 0 fully saturated rings. The van der Waals surface area contributed by atoms with Gasteiger partial charge in [0.2, 0.25) is 0 Å². The van der Waals surface area contributed by atoms with Crippen LogP contribution < -0.4 is 52.4 Å². The zero-order valence-corrected chi connectivity index (χ0v) is 82.5. The van der Waals surface area contributed by atoms with E-state index in [0.717, 1.165) is 94.5 Å². The normalized spacial score (nSPS) is 13.4. The molecule has 0 saturated heterocycles. The molecule has 0 spiro atoms. The minimum atomic E-state index is -4.81. The Morgan fingerprint density at radius 2 is 0.564 bits per heavy atom. The van der Waals surface area contributed by atoms with Crippen LogP contribution in [0.3, 0.4) is 0 Å². The molecule has 2 aliphatic heterocycles. The third-order valence-electron chi connectivity index (χ3n) is 29.5. The van der Waals surface area contributed by atoms with Gasteiger partial charge in [0.25, 0.3) is 0 Å². The van der Waals surface area contributed by atoms with Crippen molar-refractivity contribution in [3.63, 3.8) is 0 Å². The number of ether oxygens (including phenoxy) is 1. The number of anilines is 3. The van der Waals surface area contributed by atoms with E-state index in [1.807, 2.05) is 196 Å². The molecule has 0 aliphatic carbocycles. The Morgan fingerprint density at radius 1 is 0.279 bits per heavy atom. The first-order valence-corrected chi connectivity index (χ1v) is 49.0. The molecule has 7 aromatic carbocycles. The fourth-order valence-corrected chi connectivity index (χ4v) is 22.4. The van der Waals surface area contributed by atoms with E-state index in [9.17, 15) is 0 Å². The predicted molar refractivity (Wildman–Crippen MR) is 539 cm³/mol. The molecule has 726 valence electrons. The van der Waals surface area contributed by atoms with E-state index in [2.05, 4.69) is 58.6 Å². The lowest BCUT2D eigenvalue weighted by molar-refractivity contribution is -0.138. The maximum Gasteiger partial charge on any atom is 0.417 e. The van der Waals surface area contributed by atoms with Crippen LogP contribution in [0.4, 0.5) is 69.7 Å². The van der Waals surface area contributed by atoms with Crippen LogP contribution >= 0.6 is 0 Å². The molecule has 1 unspecified atom stereocenters. The van der Waals surface area contributed by atoms with Gasteiger partial charge < -0.3 is 49.5 Å². The topological polar surface area (TPSA) is 139 Å². The summed E-state index contributed by atoms with van der Waals surface area (Å²) in [6.45, 7) is 36.2. The molecule has 8 N–H and O–H groups in total. The van der Waals surface area contributed by atoms with Gasteiger partial charge in [0.15, 0.2) is 0 Å². The third-order valence-corrected chi connectivity index (χ3v) is 29.5. The zero-order valence-electron chi connectivity index (χ0n) is 82.5. The van der Waals surface area contributed by atoms with E-state index in [-0.39, 0.29) is 22.3 Å². The van der Waals surface area contributed by atoms with Gasteiger partial charge in [0.1, 0.15) is 5.75 Å². The van der Waals surface area contributed by atoms with Crippen LogP contribution in [0, 0.1) is 61.3 Å². The summed E-state index contributed by atoms with van der Waals surface area (Å²) in [5, 5.41) is 4.11. The molecule has 0 radical (unpaired) electrons. The lowest BCUT2D eigenvalue weighted by atomic mass is 9.91. The highest BCUT2D eigenvalue weighted by atomic mass is 19.4. The van der Waals surface area contributed by atoms with Gasteiger partial charge in [-0.25, -0.2) is 0 Å². The van der Waals surface area contributed by atoms with Gasteiger partial charge in [-0.1, -0.05) is 186 Å². The van der Waals surface area contributed by atoms with Crippen molar-refractivity contribution in [1.29, 1.82) is 0 Å². The van der Waals surface area contributed by atoms with Crippen LogP contribution in [-0.2, 0) is 76.1 Å². The summed E-state index contributed by atoms with van der Waals surface area (Å²) in [5.41, 5.74) is 18.1. The molecule has 17 rings (SSSR count). The Morgan fingerprint density at radius 3 is 0.864 bits per heavy atom. The maximum absolute atomic E-state index is 16.1. The van der Waals surface area contributed by atoms with Crippen molar-refractivity contribution in [3.8, 4) is 5.75 Å². The fourth-order valence-electron chi connectivity index (χ4n) is 22.4. The number of halogens is 12. The number of unbranched alkanes of at least 4 members (excludes halogenated alkanes) is 1. The molecule has 140 heavy (non-hydrogen) atoms. The van der Waals surface area contributed by atoms with Gasteiger partial charge in [-0.05, 0) is 326 Å². The Balaban J connectivity index is 0.966. The summed E-state index contributed by atoms with van der Waals surface area (Å²) in [7, 11) is 0. The number of fused-ring (bicyclic) bond motifs is 16. The highest BCUT2D eigenvalue weighted by Gasteiger charge is 2.42. The Bertz CT molecular complexity index is 7450. The Kier molecular flexibility index (Phi) is 27.1. The van der Waals surface area contributed by atoms with E-state index in [0.29, 0.717) is 264 Å². The molecule has 0 saturated carbocycles. The van der Waals surface area contributed by atoms with Crippen molar-refractivity contribution >= 4 is 62.7 Å². The number of aromatic nitrogens is 8. The Labute approximate surface area is 807 Å². The second-order valence-corrected chi connectivity index (χ2v) is 37.2. The van der Waals surface area contributed by atoms with Gasteiger partial charge in [-0.3, -0.25) is 0 Å². The number of benzene rings is 7. The summed E-state index contributed by atoms with van der Waals surface area (Å²) in [6.07, 6.45) is -8.01. The highest BCUT2D eigenvalue weighted by molar-refractivity contribution is 5.93. The number of hydrogen-bond donors (Lipinski definition) is 8. The third kappa shape index (κ3) is 17.3. The monoisotopic (exact) mass is 1910 g/mol. The lowest BCUT2D eigenvalue weighted by Crippen LogP contribution is -2.22. The van der Waals surface area contributed by atoms with Gasteiger partial charge in [0, 0.05) is 72.6 Å². The molecule has 0 amide bonds. The van der Waals surface area contributed by atoms with Crippen LogP contribution in [0.25, 0.3) is 45.6 Å². The smallest absolute Gasteiger partial charge is 0.417 e. The average molecular weight is 1910 g/mol. The molecule has 1 atom stereocenters. The summed E-state index contributed by atoms with van der Waals surface area (Å²) in [4.78, 5) is 32.4. The molecule has 10 heterocycles. The Hall–Kier alpha value is -13.5. The van der Waals surface area contributed by atoms with Crippen LogP contribution in [0.2, 0.25) is 0 Å². The lowest BCUT2D eigenvalue weighted by Gasteiger charge is -2.26. The number of nitrogens with zero attached hydrogens (tertiary/aromatic N) is 1. The summed E-state index contributed by atoms with van der Waals surface area (Å²) in [5.74, 6) is 0.966. The molecule has 15 aromatic rings. The second kappa shape index (κ2) is 38.6. The quantitative estimate of drug-likeness (QED) is 0.0286. The number of aromatic amines is 8. The summed E-state index contributed by atoms with van der Waals surface area (Å²) < 4.78 is 200. The van der Waals surface area contributed by atoms with E-state index >= 15 is 52.7 Å². The molecular weight excluding hydrogens is 1790 g/mol. The minimum Gasteiger partial charge on any atom is -0.493 e. The summed E-state index contributed by atoms with van der Waals surface area (Å²) >= 11 is 0. The molecule has 2 aliphatic rings. The van der Waals surface area contributed by atoms with E-state index in [1.54, 1.807) is 24.3 Å². The largest absolute Gasteiger partial charge is 0.493 e. The van der Waals surface area contributed by atoms with Crippen molar-refractivity contribution in [1.82, 2.24) is 39.9 Å². The first kappa shape index (κ1) is 98.1. The van der Waals surface area contributed by atoms with Crippen LogP contribution in [0.15, 0.2) is 170 Å². The van der Waals surface area contributed by atoms with Crippen LogP contribution in [0.1, 0.15) is 285 Å². The van der Waals surface area contributed by atoms with Gasteiger partial charge >= 0.3 is 24.7 Å². The second-order valence-electron chi connectivity index (χ2n) is 37.2. The molecule has 16 bridgehead atoms. The number of nitrogens with one attached hydrogen (secondary N) is 8. The SMILES string of the molecule is CCCCC(CC)COc1ccc(N(c2ccc(C3=c4[nH]c(c(C)c4CC)=C(c4ccccc4C(F)(F)F)c4[nH]c(c(CC)c4C)C=c4[nH]c(c(C)c4CC)=C(c4ccccc4C(F)(F)F)c4[nH]c3c(CC)c4C)cc2)c2ccc(C3=c4[nH]c(c(C)c4CC)=C(c4ccccc4C(F)(F)F)c4[nH]c(c(CC)c4C)C=c4[nH]c(c(C)c4CC)=C(c4ccccc4C(F)(F)F)c4[nH]c3c(CC)c4C)cc2)cc1. The molecule has 10 nitrogen and oxygen atoms in total. The van der Waals surface area contributed by atoms with E-state index < -0.39 is 47.0 Å². The molecule has 8 aromatic heterocycles. The minimum absolute atomic E-state index is 0.0591. The number of rotatable bonds is 24. The van der Waals surface area contributed by atoms with Crippen LogP contribution in [-0.4, -0.2) is 46.5 Å². The maximum atomic E-state index is 16.1. The first-order valence-electron chi connectivity index (χ1n) is 49.0. The van der Waals surface area contributed by atoms with E-state index in [1.165, 1.54) is 48.5 Å². The number of alkyl halides is 12. The van der Waals surface area contributed by atoms with Crippen LogP contribution in [0.5, 0.6) is 5.75 Å². The molecular formula is C118H119F12N9O. The number of hydrogen-bond acceptors (Lipinski definition) is 2. The average Bonchev–Trinajstić information content (AvgIpc) is 1.57. The molecule has 22 heteroatoms. The van der Waals surface area contributed by atoms with Crippen molar-refractivity contribution in [2.24, 2.45) is 5.92 Å². The standard InChI is InChI=1S/C118H119F12N9O/c1-19-29-38-70(20-2)61-140-76-57-55-75(56-58-76)139(73-51-47-71(48-52-73)97-111-81(25-7)66(15)107(135-111)99(85-39-30-34-43-89(85)115(119,120)121)103-62(11)77(21-3)93(131-103)59-94-78(22-4)63(12)104(132-94)100(108-67(16)82(26-8)112(97)136-108)86-40-31-35-44-90(86)116(122,123)124)74-53-49-72(50-54-74)98-113-83(27-9)68(17)109(137-113)101(87-41-32-36-45-91(87)117(125,126)127)105-64(13)79(23-5)95(133-105)60-96-80(24-6)65(14)106(134-96)102(110-69(18)84(28-10)114(98)138-110)88-42-33-37-46-92(88)118(128,129)130/h30-37,39-60,70,131-138H,19-29,38,61H2,1-18H3. The van der Waals surface area contributed by atoms with Gasteiger partial charge in [-0.2, -0.15) is 52.7 Å². The van der Waals surface area contributed by atoms with Gasteiger partial charge in [-0.15, -0.1) is 0 Å².